The highest BCUT2D eigenvalue weighted by Gasteiger charge is 2.11. The molecule has 116 valence electrons. The molecule has 1 fully saturated rings. The van der Waals surface area contributed by atoms with Crippen LogP contribution in [0.25, 0.3) is 0 Å². The molecule has 0 aromatic heterocycles. The monoisotopic (exact) mass is 314 g/mol. The molecule has 0 radical (unpaired) electrons. The zero-order valence-corrected chi connectivity index (χ0v) is 13.6. The quantitative estimate of drug-likeness (QED) is 0.858. The topological polar surface area (TPSA) is 15.3 Å². The highest BCUT2D eigenvalue weighted by Crippen LogP contribution is 2.13. The molecule has 22 heavy (non-hydrogen) atoms. The van der Waals surface area contributed by atoms with E-state index in [0.29, 0.717) is 0 Å². The predicted molar refractivity (Wildman–Crippen MR) is 92.9 cm³/mol. The van der Waals surface area contributed by atoms with E-state index in [2.05, 4.69) is 46.6 Å². The van der Waals surface area contributed by atoms with E-state index in [4.69, 9.17) is 11.6 Å². The highest BCUT2D eigenvalue weighted by molar-refractivity contribution is 6.30. The van der Waals surface area contributed by atoms with Crippen molar-refractivity contribution in [2.24, 2.45) is 0 Å². The normalized spacial score (nSPS) is 15.3. The smallest absolute Gasteiger partial charge is 0.0406 e. The van der Waals surface area contributed by atoms with Gasteiger partial charge in [-0.1, -0.05) is 48.0 Å². The molecule has 0 spiro atoms. The van der Waals surface area contributed by atoms with Gasteiger partial charge >= 0.3 is 0 Å². The van der Waals surface area contributed by atoms with E-state index in [-0.39, 0.29) is 0 Å². The lowest BCUT2D eigenvalue weighted by Gasteiger charge is -2.14. The first kappa shape index (κ1) is 15.5. The van der Waals surface area contributed by atoms with Crippen molar-refractivity contribution in [3.05, 3.63) is 70.2 Å². The van der Waals surface area contributed by atoms with Gasteiger partial charge in [0.25, 0.3) is 0 Å². The van der Waals surface area contributed by atoms with Crippen LogP contribution in [0.15, 0.2) is 48.5 Å². The van der Waals surface area contributed by atoms with Gasteiger partial charge in [0.1, 0.15) is 0 Å². The largest absolute Gasteiger partial charge is 0.309 e. The lowest BCUT2D eigenvalue weighted by atomic mass is 10.1. The second kappa shape index (κ2) is 7.77. The molecule has 3 heteroatoms. The van der Waals surface area contributed by atoms with Crippen molar-refractivity contribution in [1.82, 2.24) is 10.2 Å². The molecule has 2 aromatic carbocycles. The fourth-order valence-corrected chi connectivity index (χ4v) is 3.04. The first-order valence-corrected chi connectivity index (χ1v) is 8.43. The number of nitrogens with zero attached hydrogens (tertiary/aromatic N) is 1. The minimum Gasteiger partial charge on any atom is -0.309 e. The van der Waals surface area contributed by atoms with Gasteiger partial charge in [-0.05, 0) is 54.8 Å². The molecular weight excluding hydrogens is 292 g/mol. The maximum Gasteiger partial charge on any atom is 0.0406 e. The molecule has 2 nitrogen and oxygen atoms in total. The molecule has 0 bridgehead atoms. The molecule has 0 atom stereocenters. The Morgan fingerprint density at radius 2 is 1.27 bits per heavy atom. The fraction of sp³-hybridized carbons (Fsp3) is 0.368. The van der Waals surface area contributed by atoms with Crippen molar-refractivity contribution in [1.29, 1.82) is 0 Å². The predicted octanol–water partition coefficient (Wildman–Crippen LogP) is 4.23. The summed E-state index contributed by atoms with van der Waals surface area (Å²) in [6.45, 7) is 5.37. The zero-order chi connectivity index (χ0) is 15.2. The third-order valence-electron chi connectivity index (χ3n) is 4.20. The number of likely N-dealkylation sites (tertiary alicyclic amines) is 1. The molecule has 0 aliphatic carbocycles. The molecular formula is C19H23ClN2. The van der Waals surface area contributed by atoms with Crippen molar-refractivity contribution in [2.75, 3.05) is 13.1 Å². The van der Waals surface area contributed by atoms with Crippen molar-refractivity contribution in [3.8, 4) is 0 Å². The van der Waals surface area contributed by atoms with Crippen LogP contribution in [0, 0.1) is 0 Å². The van der Waals surface area contributed by atoms with Gasteiger partial charge in [0.2, 0.25) is 0 Å². The van der Waals surface area contributed by atoms with E-state index in [9.17, 15) is 0 Å². The van der Waals surface area contributed by atoms with E-state index in [1.165, 1.54) is 42.6 Å². The van der Waals surface area contributed by atoms with E-state index in [0.717, 1.165) is 24.7 Å². The number of nitrogens with one attached hydrogen (secondary N) is 1. The van der Waals surface area contributed by atoms with Crippen LogP contribution >= 0.6 is 11.6 Å². The molecule has 1 N–H and O–H groups in total. The average molecular weight is 315 g/mol. The summed E-state index contributed by atoms with van der Waals surface area (Å²) in [5.41, 5.74) is 4.01. The molecule has 0 unspecified atom stereocenters. The molecule has 3 rings (SSSR count). The van der Waals surface area contributed by atoms with Crippen LogP contribution in [0.3, 0.4) is 0 Å². The van der Waals surface area contributed by atoms with Gasteiger partial charge in [0.05, 0.1) is 0 Å². The van der Waals surface area contributed by atoms with Crippen LogP contribution in [0.1, 0.15) is 29.5 Å². The third-order valence-corrected chi connectivity index (χ3v) is 4.45. The summed E-state index contributed by atoms with van der Waals surface area (Å²) in [6, 6.07) is 17.0. The summed E-state index contributed by atoms with van der Waals surface area (Å²) in [5.74, 6) is 0. The van der Waals surface area contributed by atoms with Crippen LogP contribution in [-0.4, -0.2) is 18.0 Å². The molecule has 1 heterocycles. The van der Waals surface area contributed by atoms with Crippen LogP contribution < -0.4 is 5.32 Å². The summed E-state index contributed by atoms with van der Waals surface area (Å²) in [6.07, 6.45) is 2.71. The van der Waals surface area contributed by atoms with Gasteiger partial charge in [-0.3, -0.25) is 4.90 Å². The molecule has 1 saturated heterocycles. The van der Waals surface area contributed by atoms with Gasteiger partial charge in [0.15, 0.2) is 0 Å². The third kappa shape index (κ3) is 4.57. The molecule has 0 saturated carbocycles. The van der Waals surface area contributed by atoms with Gasteiger partial charge in [0, 0.05) is 24.7 Å². The summed E-state index contributed by atoms with van der Waals surface area (Å²) in [5, 5.41) is 4.27. The number of benzene rings is 2. The first-order valence-electron chi connectivity index (χ1n) is 8.05. The Bertz CT molecular complexity index is 571. The van der Waals surface area contributed by atoms with Crippen molar-refractivity contribution >= 4 is 11.6 Å². The maximum absolute atomic E-state index is 5.89. The second-order valence-corrected chi connectivity index (χ2v) is 6.47. The van der Waals surface area contributed by atoms with Gasteiger partial charge in [-0.15, -0.1) is 0 Å². The van der Waals surface area contributed by atoms with Gasteiger partial charge in [-0.2, -0.15) is 0 Å². The van der Waals surface area contributed by atoms with Crippen LogP contribution in [-0.2, 0) is 19.6 Å². The number of halogens is 1. The van der Waals surface area contributed by atoms with Crippen LogP contribution in [0.2, 0.25) is 5.02 Å². The first-order chi connectivity index (χ1) is 10.8. The summed E-state index contributed by atoms with van der Waals surface area (Å²) in [7, 11) is 0. The number of hydrogen-bond acceptors (Lipinski definition) is 2. The Morgan fingerprint density at radius 3 is 1.86 bits per heavy atom. The standard InChI is InChI=1S/C19H23ClN2/c20-19-9-7-17(8-10-19)14-21-13-16-3-5-18(6-4-16)15-22-11-1-2-12-22/h3-10,21H,1-2,11-15H2. The maximum atomic E-state index is 5.89. The van der Waals surface area contributed by atoms with E-state index in [1.807, 2.05) is 12.1 Å². The minimum atomic E-state index is 0.789. The van der Waals surface area contributed by atoms with Crippen molar-refractivity contribution in [2.45, 2.75) is 32.5 Å². The van der Waals surface area contributed by atoms with Gasteiger partial charge < -0.3 is 5.32 Å². The highest BCUT2D eigenvalue weighted by atomic mass is 35.5. The van der Waals surface area contributed by atoms with E-state index in [1.54, 1.807) is 0 Å². The number of rotatable bonds is 6. The Labute approximate surface area is 138 Å². The van der Waals surface area contributed by atoms with Crippen LogP contribution in [0.5, 0.6) is 0 Å². The van der Waals surface area contributed by atoms with Crippen LogP contribution in [0.4, 0.5) is 0 Å². The average Bonchev–Trinajstić information content (AvgIpc) is 3.04. The lowest BCUT2D eigenvalue weighted by Crippen LogP contribution is -2.18. The molecule has 1 aliphatic heterocycles. The lowest BCUT2D eigenvalue weighted by molar-refractivity contribution is 0.331. The van der Waals surface area contributed by atoms with Crippen molar-refractivity contribution < 1.29 is 0 Å². The Hall–Kier alpha value is -1.35. The number of hydrogen-bond donors (Lipinski definition) is 1. The summed E-state index contributed by atoms with van der Waals surface area (Å²) < 4.78 is 0. The van der Waals surface area contributed by atoms with Crippen molar-refractivity contribution in [3.63, 3.8) is 0 Å². The molecule has 2 aromatic rings. The Balaban J connectivity index is 1.45. The summed E-state index contributed by atoms with van der Waals surface area (Å²) >= 11 is 5.89. The van der Waals surface area contributed by atoms with E-state index < -0.39 is 0 Å². The zero-order valence-electron chi connectivity index (χ0n) is 12.9. The molecule has 0 amide bonds. The fourth-order valence-electron chi connectivity index (χ4n) is 2.91. The Morgan fingerprint density at radius 1 is 0.773 bits per heavy atom. The van der Waals surface area contributed by atoms with E-state index >= 15 is 0 Å². The summed E-state index contributed by atoms with van der Waals surface area (Å²) in [4.78, 5) is 2.54. The molecule has 1 aliphatic rings. The Kier molecular flexibility index (Phi) is 5.49. The minimum absolute atomic E-state index is 0.789. The van der Waals surface area contributed by atoms with Gasteiger partial charge in [-0.25, -0.2) is 0 Å². The SMILES string of the molecule is Clc1ccc(CNCc2ccc(CN3CCCC3)cc2)cc1. The second-order valence-electron chi connectivity index (χ2n) is 6.03.